The van der Waals surface area contributed by atoms with E-state index in [9.17, 15) is 4.79 Å². The molecule has 1 amide bonds. The third-order valence-corrected chi connectivity index (χ3v) is 4.25. The van der Waals surface area contributed by atoms with Gasteiger partial charge in [-0.1, -0.05) is 0 Å². The zero-order valence-electron chi connectivity index (χ0n) is 10.9. The number of amides is 1. The van der Waals surface area contributed by atoms with E-state index in [1.54, 1.807) is 11.3 Å². The highest BCUT2D eigenvalue weighted by Crippen LogP contribution is 2.20. The van der Waals surface area contributed by atoms with Crippen molar-refractivity contribution in [3.63, 3.8) is 0 Å². The van der Waals surface area contributed by atoms with Gasteiger partial charge in [-0.25, -0.2) is 4.98 Å². The molecule has 0 spiro atoms. The molecule has 0 saturated carbocycles. The molecular formula is C12H19N3O2S. The largest absolute Gasteiger partial charge is 0.379 e. The number of hydrogen-bond acceptors (Lipinski definition) is 5. The molecular weight excluding hydrogens is 250 g/mol. The second kappa shape index (κ2) is 5.77. The van der Waals surface area contributed by atoms with E-state index in [4.69, 9.17) is 4.74 Å². The van der Waals surface area contributed by atoms with E-state index in [1.807, 2.05) is 27.1 Å². The van der Waals surface area contributed by atoms with Crippen LogP contribution in [0.25, 0.3) is 0 Å². The topological polar surface area (TPSA) is 63.2 Å². The van der Waals surface area contributed by atoms with Crippen molar-refractivity contribution in [1.82, 2.24) is 15.6 Å². The van der Waals surface area contributed by atoms with Gasteiger partial charge in [0.25, 0.3) is 0 Å². The Bertz CT molecular complexity index is 421. The van der Waals surface area contributed by atoms with E-state index >= 15 is 0 Å². The van der Waals surface area contributed by atoms with E-state index in [-0.39, 0.29) is 23.9 Å². The quantitative estimate of drug-likeness (QED) is 0.851. The number of thiazole rings is 1. The van der Waals surface area contributed by atoms with Crippen LogP contribution in [0.2, 0.25) is 0 Å². The summed E-state index contributed by atoms with van der Waals surface area (Å²) in [4.78, 5) is 17.6. The molecule has 1 aliphatic heterocycles. The zero-order valence-corrected chi connectivity index (χ0v) is 11.7. The van der Waals surface area contributed by atoms with Gasteiger partial charge in [0, 0.05) is 17.1 Å². The highest BCUT2D eigenvalue weighted by molar-refractivity contribution is 7.11. The zero-order chi connectivity index (χ0) is 13.1. The summed E-state index contributed by atoms with van der Waals surface area (Å²) in [5, 5.41) is 7.06. The Morgan fingerprint density at radius 2 is 2.39 bits per heavy atom. The number of aryl methyl sites for hydroxylation is 1. The lowest BCUT2D eigenvalue weighted by molar-refractivity contribution is -0.126. The highest BCUT2D eigenvalue weighted by Gasteiger charge is 2.33. The minimum Gasteiger partial charge on any atom is -0.379 e. The van der Waals surface area contributed by atoms with Crippen LogP contribution in [0.1, 0.15) is 22.9 Å². The molecule has 100 valence electrons. The lowest BCUT2D eigenvalue weighted by Crippen LogP contribution is -2.43. The number of aromatic nitrogens is 1. The number of rotatable bonds is 4. The van der Waals surface area contributed by atoms with Crippen molar-refractivity contribution in [3.05, 3.63) is 16.1 Å². The number of carbonyl (C=O) groups excluding carboxylic acids is 1. The lowest BCUT2D eigenvalue weighted by Gasteiger charge is -2.19. The normalized spacial score (nSPS) is 25.1. The molecule has 3 atom stereocenters. The smallest absolute Gasteiger partial charge is 0.227 e. The summed E-state index contributed by atoms with van der Waals surface area (Å²) >= 11 is 1.61. The van der Waals surface area contributed by atoms with Crippen molar-refractivity contribution in [1.29, 1.82) is 0 Å². The van der Waals surface area contributed by atoms with Gasteiger partial charge in [0.1, 0.15) is 5.01 Å². The fraction of sp³-hybridized carbons (Fsp3) is 0.667. The molecule has 0 aliphatic carbocycles. The summed E-state index contributed by atoms with van der Waals surface area (Å²) in [5.74, 6) is -0.0780. The van der Waals surface area contributed by atoms with Crippen LogP contribution in [-0.2, 0) is 9.53 Å². The fourth-order valence-electron chi connectivity index (χ4n) is 2.05. The van der Waals surface area contributed by atoms with Gasteiger partial charge in [-0.3, -0.25) is 4.79 Å². The minimum absolute atomic E-state index is 0.0344. The second-order valence-electron chi connectivity index (χ2n) is 4.58. The van der Waals surface area contributed by atoms with Crippen LogP contribution in [-0.4, -0.2) is 37.2 Å². The van der Waals surface area contributed by atoms with Crippen molar-refractivity contribution < 1.29 is 9.53 Å². The van der Waals surface area contributed by atoms with Gasteiger partial charge in [-0.05, 0) is 20.9 Å². The monoisotopic (exact) mass is 269 g/mol. The van der Waals surface area contributed by atoms with Crippen LogP contribution >= 0.6 is 11.3 Å². The predicted octanol–water partition coefficient (Wildman–Crippen LogP) is 0.863. The third-order valence-electron chi connectivity index (χ3n) is 3.16. The maximum absolute atomic E-state index is 12.2. The van der Waals surface area contributed by atoms with Gasteiger partial charge >= 0.3 is 0 Å². The summed E-state index contributed by atoms with van der Waals surface area (Å²) in [5.41, 5.74) is 0. The molecule has 5 nitrogen and oxygen atoms in total. The third kappa shape index (κ3) is 2.88. The first-order valence-electron chi connectivity index (χ1n) is 6.09. The number of nitrogens with one attached hydrogen (secondary N) is 2. The SMILES string of the molecule is CNC1COCC1C(=O)NC(C)c1ncc(C)s1. The number of ether oxygens (including phenoxy) is 1. The Morgan fingerprint density at radius 3 is 3.00 bits per heavy atom. The molecule has 1 fully saturated rings. The van der Waals surface area contributed by atoms with Crippen LogP contribution < -0.4 is 10.6 Å². The molecule has 6 heteroatoms. The van der Waals surface area contributed by atoms with Crippen LogP contribution in [0.5, 0.6) is 0 Å². The van der Waals surface area contributed by atoms with Crippen LogP contribution in [0, 0.1) is 12.8 Å². The van der Waals surface area contributed by atoms with Gasteiger partial charge in [-0.15, -0.1) is 11.3 Å². The van der Waals surface area contributed by atoms with Crippen LogP contribution in [0.3, 0.4) is 0 Å². The molecule has 18 heavy (non-hydrogen) atoms. The van der Waals surface area contributed by atoms with Crippen molar-refractivity contribution >= 4 is 17.2 Å². The predicted molar refractivity (Wildman–Crippen MR) is 70.6 cm³/mol. The maximum atomic E-state index is 12.2. The average molecular weight is 269 g/mol. The summed E-state index contributed by atoms with van der Waals surface area (Å²) in [6.45, 7) is 5.05. The second-order valence-corrected chi connectivity index (χ2v) is 5.84. The van der Waals surface area contributed by atoms with Crippen LogP contribution in [0.15, 0.2) is 6.20 Å². The Kier molecular flexibility index (Phi) is 4.31. The molecule has 2 N–H and O–H groups in total. The summed E-state index contributed by atoms with van der Waals surface area (Å²) in [6.07, 6.45) is 1.83. The molecule has 1 aromatic rings. The number of likely N-dealkylation sites (N-methyl/N-ethyl adjacent to an activating group) is 1. The Hall–Kier alpha value is -0.980. The molecule has 1 aromatic heterocycles. The van der Waals surface area contributed by atoms with E-state index in [1.165, 1.54) is 0 Å². The Labute approximate surface area is 111 Å². The van der Waals surface area contributed by atoms with E-state index < -0.39 is 0 Å². The molecule has 0 aromatic carbocycles. The Morgan fingerprint density at radius 1 is 1.61 bits per heavy atom. The number of hydrogen-bond donors (Lipinski definition) is 2. The first-order valence-corrected chi connectivity index (χ1v) is 6.91. The van der Waals surface area contributed by atoms with Crippen molar-refractivity contribution in [2.75, 3.05) is 20.3 Å². The van der Waals surface area contributed by atoms with Gasteiger partial charge in [0.2, 0.25) is 5.91 Å². The maximum Gasteiger partial charge on any atom is 0.227 e. The highest BCUT2D eigenvalue weighted by atomic mass is 32.1. The Balaban J connectivity index is 1.94. The van der Waals surface area contributed by atoms with Gasteiger partial charge < -0.3 is 15.4 Å². The summed E-state index contributed by atoms with van der Waals surface area (Å²) in [6, 6.07) is 0.0598. The summed E-state index contributed by atoms with van der Waals surface area (Å²) < 4.78 is 5.34. The lowest BCUT2D eigenvalue weighted by atomic mass is 10.0. The molecule has 1 aliphatic rings. The van der Waals surface area contributed by atoms with E-state index in [2.05, 4.69) is 15.6 Å². The van der Waals surface area contributed by atoms with Gasteiger partial charge in [-0.2, -0.15) is 0 Å². The first-order chi connectivity index (χ1) is 8.61. The van der Waals surface area contributed by atoms with Gasteiger partial charge in [0.05, 0.1) is 25.2 Å². The van der Waals surface area contributed by atoms with E-state index in [0.29, 0.717) is 13.2 Å². The van der Waals surface area contributed by atoms with Crippen LogP contribution in [0.4, 0.5) is 0 Å². The molecule has 0 radical (unpaired) electrons. The average Bonchev–Trinajstić information content (AvgIpc) is 2.96. The standard InChI is InChI=1S/C12H19N3O2S/c1-7-4-14-12(18-7)8(2)15-11(16)9-5-17-6-10(9)13-3/h4,8-10,13H,5-6H2,1-3H3,(H,15,16). The van der Waals surface area contributed by atoms with Crippen molar-refractivity contribution in [2.45, 2.75) is 25.9 Å². The molecule has 3 unspecified atom stereocenters. The summed E-state index contributed by atoms with van der Waals surface area (Å²) in [7, 11) is 1.85. The van der Waals surface area contributed by atoms with Gasteiger partial charge in [0.15, 0.2) is 0 Å². The molecule has 0 bridgehead atoms. The molecule has 1 saturated heterocycles. The van der Waals surface area contributed by atoms with Crippen molar-refractivity contribution in [3.8, 4) is 0 Å². The van der Waals surface area contributed by atoms with Crippen molar-refractivity contribution in [2.24, 2.45) is 5.92 Å². The minimum atomic E-state index is -0.112. The first kappa shape index (κ1) is 13.5. The number of carbonyl (C=O) groups is 1. The molecule has 2 heterocycles. The van der Waals surface area contributed by atoms with E-state index in [0.717, 1.165) is 9.88 Å². The number of nitrogens with zero attached hydrogens (tertiary/aromatic N) is 1. The molecule has 2 rings (SSSR count). The fourth-order valence-corrected chi connectivity index (χ4v) is 2.83.